The Bertz CT molecular complexity index is 948. The quantitative estimate of drug-likeness (QED) is 0.496. The molecule has 0 aromatic heterocycles. The van der Waals surface area contributed by atoms with E-state index in [2.05, 4.69) is 68.6 Å². The Kier molecular flexibility index (Phi) is 5.52. The highest BCUT2D eigenvalue weighted by Gasteiger charge is 2.59. The van der Waals surface area contributed by atoms with Gasteiger partial charge < -0.3 is 14.8 Å². The molecule has 1 N–H and O–H groups in total. The van der Waals surface area contributed by atoms with Gasteiger partial charge in [0.05, 0.1) is 6.61 Å². The highest BCUT2D eigenvalue weighted by Crippen LogP contribution is 2.66. The van der Waals surface area contributed by atoms with Crippen LogP contribution in [0.2, 0.25) is 0 Å². The zero-order chi connectivity index (χ0) is 22.4. The van der Waals surface area contributed by atoms with Crippen LogP contribution in [0.1, 0.15) is 76.0 Å². The topological polar surface area (TPSA) is 30.5 Å². The molecule has 3 nitrogen and oxygen atoms in total. The van der Waals surface area contributed by atoms with Gasteiger partial charge in [0.1, 0.15) is 6.61 Å². The molecular weight excluding hydrogens is 394 g/mol. The van der Waals surface area contributed by atoms with Gasteiger partial charge >= 0.3 is 0 Å². The van der Waals surface area contributed by atoms with E-state index in [0.717, 1.165) is 24.0 Å². The average Bonchev–Trinajstić information content (AvgIpc) is 2.70. The summed E-state index contributed by atoms with van der Waals surface area (Å²) in [4.78, 5) is 0. The van der Waals surface area contributed by atoms with Gasteiger partial charge in [-0.2, -0.15) is 0 Å². The number of aryl methyl sites for hydroxylation is 1. The number of benzene rings is 2. The van der Waals surface area contributed by atoms with Gasteiger partial charge in [-0.3, -0.25) is 0 Å². The minimum Gasteiger partial charge on any atom is -0.490 e. The summed E-state index contributed by atoms with van der Waals surface area (Å²) in [5.74, 6) is 2.58. The second-order valence-electron chi connectivity index (χ2n) is 11.8. The largest absolute Gasteiger partial charge is 0.490 e. The lowest BCUT2D eigenvalue weighted by molar-refractivity contribution is -0.118. The summed E-state index contributed by atoms with van der Waals surface area (Å²) in [6.45, 7) is 11.3. The van der Waals surface area contributed by atoms with Crippen LogP contribution >= 0.6 is 0 Å². The highest BCUT2D eigenvalue weighted by molar-refractivity contribution is 5.43. The first kappa shape index (κ1) is 21.8. The first-order valence-electron chi connectivity index (χ1n) is 12.5. The Morgan fingerprint density at radius 3 is 2.19 bits per heavy atom. The maximum atomic E-state index is 6.13. The maximum absolute atomic E-state index is 6.13. The monoisotopic (exact) mass is 433 g/mol. The molecule has 4 aliphatic rings. The van der Waals surface area contributed by atoms with E-state index < -0.39 is 0 Å². The van der Waals surface area contributed by atoms with Gasteiger partial charge in [0.2, 0.25) is 0 Å². The Hall–Kier alpha value is -2.00. The fraction of sp³-hybridized carbons (Fsp3) is 0.586. The summed E-state index contributed by atoms with van der Waals surface area (Å²) in [5.41, 5.74) is 5.10. The van der Waals surface area contributed by atoms with Crippen molar-refractivity contribution in [2.45, 2.75) is 84.9 Å². The molecule has 0 spiro atoms. The summed E-state index contributed by atoms with van der Waals surface area (Å²) in [6, 6.07) is 15.0. The molecule has 6 rings (SSSR count). The van der Waals surface area contributed by atoms with Crippen molar-refractivity contribution in [1.82, 2.24) is 5.32 Å². The standard InChI is InChI=1S/C29H39NO2/c1-5-31-26-12-23(10-11-25(26)32-17-22-8-6-21(2)7-9-22)16-30-29-15-24-13-27(3,19-29)18-28(4,14-24)20-29/h6-12,24,30H,5,13-20H2,1-4H3. The van der Waals surface area contributed by atoms with Crippen molar-refractivity contribution in [2.75, 3.05) is 6.61 Å². The van der Waals surface area contributed by atoms with Crippen LogP contribution in [0.15, 0.2) is 42.5 Å². The zero-order valence-electron chi connectivity index (χ0n) is 20.3. The molecule has 0 saturated heterocycles. The van der Waals surface area contributed by atoms with Crippen molar-refractivity contribution in [2.24, 2.45) is 16.7 Å². The van der Waals surface area contributed by atoms with Gasteiger partial charge in [-0.05, 0) is 92.4 Å². The SMILES string of the molecule is CCOc1cc(CNC23CC4CC(C)(CC(C)(C4)C2)C3)ccc1OCc1ccc(C)cc1. The van der Waals surface area contributed by atoms with E-state index in [4.69, 9.17) is 9.47 Å². The van der Waals surface area contributed by atoms with E-state index in [1.165, 1.54) is 55.2 Å². The molecule has 4 aliphatic carbocycles. The lowest BCUT2D eigenvalue weighted by Crippen LogP contribution is -2.63. The van der Waals surface area contributed by atoms with Crippen molar-refractivity contribution in [3.63, 3.8) is 0 Å². The van der Waals surface area contributed by atoms with Gasteiger partial charge in [0.25, 0.3) is 0 Å². The Balaban J connectivity index is 1.27. The van der Waals surface area contributed by atoms with Gasteiger partial charge in [-0.25, -0.2) is 0 Å². The van der Waals surface area contributed by atoms with E-state index in [9.17, 15) is 0 Å². The van der Waals surface area contributed by atoms with E-state index in [-0.39, 0.29) is 0 Å². The normalized spacial score (nSPS) is 32.8. The predicted octanol–water partition coefficient (Wildman–Crippen LogP) is 6.81. The Labute approximate surface area is 193 Å². The molecule has 172 valence electrons. The molecule has 4 saturated carbocycles. The molecule has 4 bridgehead atoms. The summed E-state index contributed by atoms with van der Waals surface area (Å²) >= 11 is 0. The Morgan fingerprint density at radius 2 is 1.53 bits per heavy atom. The summed E-state index contributed by atoms with van der Waals surface area (Å²) in [5, 5.41) is 4.05. The van der Waals surface area contributed by atoms with Crippen molar-refractivity contribution in [3.8, 4) is 11.5 Å². The van der Waals surface area contributed by atoms with Crippen LogP contribution in [0.4, 0.5) is 0 Å². The number of ether oxygens (including phenoxy) is 2. The maximum Gasteiger partial charge on any atom is 0.161 e. The zero-order valence-corrected chi connectivity index (χ0v) is 20.3. The van der Waals surface area contributed by atoms with Crippen LogP contribution in [0.5, 0.6) is 11.5 Å². The molecule has 0 amide bonds. The fourth-order valence-electron chi connectivity index (χ4n) is 7.83. The minimum atomic E-state index is 0.315. The van der Waals surface area contributed by atoms with Crippen LogP contribution < -0.4 is 14.8 Å². The summed E-state index contributed by atoms with van der Waals surface area (Å²) in [7, 11) is 0. The lowest BCUT2D eigenvalue weighted by Gasteiger charge is -2.65. The van der Waals surface area contributed by atoms with Gasteiger partial charge in [-0.15, -0.1) is 0 Å². The lowest BCUT2D eigenvalue weighted by atomic mass is 9.43. The minimum absolute atomic E-state index is 0.315. The number of nitrogens with one attached hydrogen (secondary N) is 1. The third kappa shape index (κ3) is 4.41. The molecule has 4 fully saturated rings. The third-order valence-corrected chi connectivity index (χ3v) is 8.12. The molecule has 32 heavy (non-hydrogen) atoms. The third-order valence-electron chi connectivity index (χ3n) is 8.12. The van der Waals surface area contributed by atoms with Crippen molar-refractivity contribution in [1.29, 1.82) is 0 Å². The second kappa shape index (κ2) is 8.09. The molecule has 2 atom stereocenters. The van der Waals surface area contributed by atoms with E-state index in [1.54, 1.807) is 0 Å². The second-order valence-corrected chi connectivity index (χ2v) is 11.8. The van der Waals surface area contributed by atoms with Crippen molar-refractivity contribution < 1.29 is 9.47 Å². The molecule has 2 unspecified atom stereocenters. The highest BCUT2D eigenvalue weighted by atomic mass is 16.5. The van der Waals surface area contributed by atoms with Gasteiger partial charge in [-0.1, -0.05) is 49.7 Å². The Morgan fingerprint density at radius 1 is 0.844 bits per heavy atom. The molecular formula is C29H39NO2. The molecule has 3 heteroatoms. The average molecular weight is 434 g/mol. The number of rotatable bonds is 8. The van der Waals surface area contributed by atoms with Gasteiger partial charge in [0.15, 0.2) is 11.5 Å². The summed E-state index contributed by atoms with van der Waals surface area (Å²) < 4.78 is 12.1. The molecule has 0 aliphatic heterocycles. The van der Waals surface area contributed by atoms with E-state index in [0.29, 0.717) is 29.6 Å². The van der Waals surface area contributed by atoms with Crippen LogP contribution in [0, 0.1) is 23.7 Å². The number of hydrogen-bond acceptors (Lipinski definition) is 3. The fourth-order valence-corrected chi connectivity index (χ4v) is 7.83. The summed E-state index contributed by atoms with van der Waals surface area (Å²) in [6.07, 6.45) is 8.32. The number of hydrogen-bond donors (Lipinski definition) is 1. The van der Waals surface area contributed by atoms with Crippen molar-refractivity contribution in [3.05, 3.63) is 59.2 Å². The molecule has 2 aromatic carbocycles. The van der Waals surface area contributed by atoms with E-state index >= 15 is 0 Å². The van der Waals surface area contributed by atoms with Crippen LogP contribution in [-0.4, -0.2) is 12.1 Å². The molecule has 2 aromatic rings. The molecule has 0 radical (unpaired) electrons. The smallest absolute Gasteiger partial charge is 0.161 e. The first-order valence-corrected chi connectivity index (χ1v) is 12.5. The van der Waals surface area contributed by atoms with Crippen LogP contribution in [0.25, 0.3) is 0 Å². The van der Waals surface area contributed by atoms with Crippen LogP contribution in [-0.2, 0) is 13.2 Å². The van der Waals surface area contributed by atoms with E-state index in [1.807, 2.05) is 6.92 Å². The first-order chi connectivity index (χ1) is 15.3. The predicted molar refractivity (Wildman–Crippen MR) is 130 cm³/mol. The van der Waals surface area contributed by atoms with Gasteiger partial charge in [0, 0.05) is 12.1 Å². The van der Waals surface area contributed by atoms with Crippen LogP contribution in [0.3, 0.4) is 0 Å². The van der Waals surface area contributed by atoms with Crippen molar-refractivity contribution >= 4 is 0 Å². The molecule has 0 heterocycles.